The minimum atomic E-state index is 0.123. The van der Waals surface area contributed by atoms with Crippen molar-refractivity contribution in [2.45, 2.75) is 52.1 Å². The minimum Gasteiger partial charge on any atom is -0.396 e. The number of aryl methyl sites for hydroxylation is 1. The molecule has 1 heterocycles. The lowest BCUT2D eigenvalue weighted by atomic mass is 10.2. The number of hydrogen-bond donors (Lipinski definition) is 1. The van der Waals surface area contributed by atoms with Gasteiger partial charge in [-0.3, -0.25) is 9.48 Å². The Morgan fingerprint density at radius 2 is 2.11 bits per heavy atom. The van der Waals surface area contributed by atoms with Crippen molar-refractivity contribution in [1.29, 1.82) is 0 Å². The number of hydrogen-bond acceptors (Lipinski definition) is 3. The highest BCUT2D eigenvalue weighted by Gasteiger charge is 2.30. The molecule has 0 atom stereocenters. The summed E-state index contributed by atoms with van der Waals surface area (Å²) >= 11 is 0. The van der Waals surface area contributed by atoms with E-state index in [0.717, 1.165) is 42.8 Å². The second-order valence-electron chi connectivity index (χ2n) is 4.91. The van der Waals surface area contributed by atoms with Gasteiger partial charge in [-0.1, -0.05) is 13.8 Å². The summed E-state index contributed by atoms with van der Waals surface area (Å²) in [5, 5.41) is 4.45. The second kappa shape index (κ2) is 5.00. The molecule has 5 heteroatoms. The summed E-state index contributed by atoms with van der Waals surface area (Å²) in [7, 11) is 1.87. The Hall–Kier alpha value is -1.52. The molecule has 100 valence electrons. The van der Waals surface area contributed by atoms with Crippen LogP contribution in [0.1, 0.15) is 38.1 Å². The molecule has 1 aliphatic rings. The van der Waals surface area contributed by atoms with Gasteiger partial charge in [-0.05, 0) is 25.7 Å². The van der Waals surface area contributed by atoms with Gasteiger partial charge in [-0.2, -0.15) is 5.10 Å². The third kappa shape index (κ3) is 2.35. The van der Waals surface area contributed by atoms with E-state index in [2.05, 4.69) is 5.10 Å². The fourth-order valence-electron chi connectivity index (χ4n) is 2.24. The van der Waals surface area contributed by atoms with E-state index in [1.54, 1.807) is 4.68 Å². The van der Waals surface area contributed by atoms with Crippen LogP contribution in [0, 0.1) is 0 Å². The average molecular weight is 250 g/mol. The smallest absolute Gasteiger partial charge is 0.244 e. The number of carbonyl (C=O) groups excluding carboxylic acids is 1. The van der Waals surface area contributed by atoms with Crippen LogP contribution in [0.2, 0.25) is 0 Å². The van der Waals surface area contributed by atoms with Crippen molar-refractivity contribution >= 4 is 11.6 Å². The molecule has 18 heavy (non-hydrogen) atoms. The highest BCUT2D eigenvalue weighted by molar-refractivity contribution is 5.76. The van der Waals surface area contributed by atoms with E-state index in [-0.39, 0.29) is 5.91 Å². The largest absolute Gasteiger partial charge is 0.396 e. The lowest BCUT2D eigenvalue weighted by molar-refractivity contribution is -0.131. The number of nitrogens with zero attached hydrogens (tertiary/aromatic N) is 3. The van der Waals surface area contributed by atoms with E-state index in [4.69, 9.17) is 5.73 Å². The van der Waals surface area contributed by atoms with Crippen molar-refractivity contribution in [3.05, 3.63) is 11.4 Å². The molecule has 0 saturated heterocycles. The Bertz CT molecular complexity index is 448. The van der Waals surface area contributed by atoms with Crippen molar-refractivity contribution in [3.8, 4) is 0 Å². The lowest BCUT2D eigenvalue weighted by Crippen LogP contribution is -2.32. The van der Waals surface area contributed by atoms with Gasteiger partial charge in [0.25, 0.3) is 0 Å². The van der Waals surface area contributed by atoms with Gasteiger partial charge < -0.3 is 10.6 Å². The van der Waals surface area contributed by atoms with Crippen molar-refractivity contribution in [2.75, 3.05) is 12.8 Å². The molecule has 1 aliphatic carbocycles. The topological polar surface area (TPSA) is 64.2 Å². The average Bonchev–Trinajstić information content (AvgIpc) is 3.15. The highest BCUT2D eigenvalue weighted by atomic mass is 16.2. The third-order valence-corrected chi connectivity index (χ3v) is 3.62. The number of rotatable bonds is 5. The van der Waals surface area contributed by atoms with Gasteiger partial charge >= 0.3 is 0 Å². The van der Waals surface area contributed by atoms with E-state index < -0.39 is 0 Å². The number of nitrogens with two attached hydrogens (primary N) is 1. The van der Waals surface area contributed by atoms with Crippen LogP contribution in [0.3, 0.4) is 0 Å². The SMILES string of the molecule is CCc1nn(CC(=O)N(C)C2CC2)c(CC)c1N. The molecular formula is C13H22N4O. The maximum absolute atomic E-state index is 12.1. The lowest BCUT2D eigenvalue weighted by Gasteiger charge is -2.16. The number of amides is 1. The van der Waals surface area contributed by atoms with Gasteiger partial charge in [0.2, 0.25) is 5.91 Å². The summed E-state index contributed by atoms with van der Waals surface area (Å²) in [5.74, 6) is 0.123. The molecule has 1 amide bonds. The van der Waals surface area contributed by atoms with Gasteiger partial charge in [-0.15, -0.1) is 0 Å². The van der Waals surface area contributed by atoms with Crippen LogP contribution in [-0.4, -0.2) is 33.7 Å². The van der Waals surface area contributed by atoms with E-state index in [1.165, 1.54) is 0 Å². The number of likely N-dealkylation sites (N-methyl/N-ethyl adjacent to an activating group) is 1. The molecule has 0 bridgehead atoms. The first-order valence-corrected chi connectivity index (χ1v) is 6.68. The molecule has 0 aromatic carbocycles. The number of nitrogen functional groups attached to an aromatic ring is 1. The molecule has 1 aromatic rings. The van der Waals surface area contributed by atoms with E-state index in [0.29, 0.717) is 12.6 Å². The molecule has 1 fully saturated rings. The maximum atomic E-state index is 12.1. The van der Waals surface area contributed by atoms with Gasteiger partial charge in [0, 0.05) is 13.1 Å². The summed E-state index contributed by atoms with van der Waals surface area (Å²) < 4.78 is 1.77. The Morgan fingerprint density at radius 3 is 2.61 bits per heavy atom. The molecule has 0 unspecified atom stereocenters. The van der Waals surface area contributed by atoms with E-state index in [9.17, 15) is 4.79 Å². The molecule has 0 radical (unpaired) electrons. The van der Waals surface area contributed by atoms with Crippen molar-refractivity contribution in [2.24, 2.45) is 0 Å². The highest BCUT2D eigenvalue weighted by Crippen LogP contribution is 2.26. The molecule has 5 nitrogen and oxygen atoms in total. The molecule has 2 rings (SSSR count). The second-order valence-corrected chi connectivity index (χ2v) is 4.91. The minimum absolute atomic E-state index is 0.123. The molecule has 0 spiro atoms. The van der Waals surface area contributed by atoms with Crippen LogP contribution < -0.4 is 5.73 Å². The van der Waals surface area contributed by atoms with Crippen LogP contribution in [-0.2, 0) is 24.2 Å². The van der Waals surface area contributed by atoms with Crippen molar-refractivity contribution < 1.29 is 4.79 Å². The first-order chi connectivity index (χ1) is 8.58. The van der Waals surface area contributed by atoms with Crippen LogP contribution >= 0.6 is 0 Å². The Kier molecular flexibility index (Phi) is 3.59. The maximum Gasteiger partial charge on any atom is 0.244 e. The first-order valence-electron chi connectivity index (χ1n) is 6.68. The quantitative estimate of drug-likeness (QED) is 0.854. The number of anilines is 1. The zero-order valence-electron chi connectivity index (χ0n) is 11.4. The van der Waals surface area contributed by atoms with Crippen LogP contribution in [0.5, 0.6) is 0 Å². The summed E-state index contributed by atoms with van der Waals surface area (Å²) in [4.78, 5) is 13.9. The molecule has 1 saturated carbocycles. The van der Waals surface area contributed by atoms with Gasteiger partial charge in [0.1, 0.15) is 6.54 Å². The predicted molar refractivity (Wildman–Crippen MR) is 71.2 cm³/mol. The Morgan fingerprint density at radius 1 is 1.44 bits per heavy atom. The van der Waals surface area contributed by atoms with Crippen molar-refractivity contribution in [3.63, 3.8) is 0 Å². The summed E-state index contributed by atoms with van der Waals surface area (Å²) in [6.07, 6.45) is 3.87. The zero-order chi connectivity index (χ0) is 13.3. The Balaban J connectivity index is 2.14. The van der Waals surface area contributed by atoms with Crippen LogP contribution in [0.25, 0.3) is 0 Å². The van der Waals surface area contributed by atoms with E-state index >= 15 is 0 Å². The first kappa shape index (κ1) is 12.9. The molecular weight excluding hydrogens is 228 g/mol. The molecule has 1 aromatic heterocycles. The zero-order valence-corrected chi connectivity index (χ0v) is 11.4. The fraction of sp³-hybridized carbons (Fsp3) is 0.692. The monoisotopic (exact) mass is 250 g/mol. The van der Waals surface area contributed by atoms with Crippen molar-refractivity contribution in [1.82, 2.24) is 14.7 Å². The van der Waals surface area contributed by atoms with Crippen LogP contribution in [0.15, 0.2) is 0 Å². The fourth-order valence-corrected chi connectivity index (χ4v) is 2.24. The third-order valence-electron chi connectivity index (χ3n) is 3.62. The molecule has 0 aliphatic heterocycles. The summed E-state index contributed by atoms with van der Waals surface area (Å²) in [6.45, 7) is 4.37. The predicted octanol–water partition coefficient (Wildman–Crippen LogP) is 1.21. The van der Waals surface area contributed by atoms with E-state index in [1.807, 2.05) is 25.8 Å². The number of aromatic nitrogens is 2. The number of carbonyl (C=O) groups is 1. The summed E-state index contributed by atoms with van der Waals surface area (Å²) in [5.41, 5.74) is 8.67. The van der Waals surface area contributed by atoms with Gasteiger partial charge in [-0.25, -0.2) is 0 Å². The summed E-state index contributed by atoms with van der Waals surface area (Å²) in [6, 6.07) is 0.445. The standard InChI is InChI=1S/C13H22N4O/c1-4-10-13(14)11(5-2)17(15-10)8-12(18)16(3)9-6-7-9/h9H,4-8,14H2,1-3H3. The molecule has 2 N–H and O–H groups in total. The normalized spacial score (nSPS) is 14.8. The Labute approximate surface area is 108 Å². The van der Waals surface area contributed by atoms with Crippen LogP contribution in [0.4, 0.5) is 5.69 Å². The van der Waals surface area contributed by atoms with Gasteiger partial charge in [0.05, 0.1) is 17.1 Å². The van der Waals surface area contributed by atoms with Gasteiger partial charge in [0.15, 0.2) is 0 Å².